The number of nitrogens with one attached hydrogen (secondary N) is 2. The number of aromatic nitrogens is 1. The number of amides is 2. The van der Waals surface area contributed by atoms with Gasteiger partial charge in [0.2, 0.25) is 5.91 Å². The van der Waals surface area contributed by atoms with Crippen LogP contribution in [0.15, 0.2) is 52.7 Å². The van der Waals surface area contributed by atoms with Crippen molar-refractivity contribution in [3.05, 3.63) is 65.0 Å². The van der Waals surface area contributed by atoms with Crippen molar-refractivity contribution in [1.29, 1.82) is 0 Å². The largest absolute Gasteiger partial charge is 0.351 e. The monoisotopic (exact) mass is 433 g/mol. The molecule has 0 bridgehead atoms. The number of nitrogens with zero attached hydrogens (tertiary/aromatic N) is 1. The Morgan fingerprint density at radius 2 is 1.90 bits per heavy atom. The second-order valence-corrected chi connectivity index (χ2v) is 7.68. The number of thiazole rings is 1. The molecule has 3 aromatic rings. The van der Waals surface area contributed by atoms with E-state index in [2.05, 4.69) is 15.6 Å². The summed E-state index contributed by atoms with van der Waals surface area (Å²) < 4.78 is 26.5. The van der Waals surface area contributed by atoms with Crippen LogP contribution in [-0.4, -0.2) is 29.6 Å². The first kappa shape index (κ1) is 20.9. The van der Waals surface area contributed by atoms with Crippen molar-refractivity contribution in [2.45, 2.75) is 11.3 Å². The van der Waals surface area contributed by atoms with E-state index in [1.165, 1.54) is 11.3 Å². The van der Waals surface area contributed by atoms with Crippen LogP contribution in [0.2, 0.25) is 0 Å². The molecule has 9 heteroatoms. The molecule has 0 spiro atoms. The quantitative estimate of drug-likeness (QED) is 0.536. The number of hydrogen-bond acceptors (Lipinski definition) is 5. The van der Waals surface area contributed by atoms with Gasteiger partial charge in [-0.15, -0.1) is 23.1 Å². The van der Waals surface area contributed by atoms with Crippen LogP contribution in [0.4, 0.5) is 13.9 Å². The van der Waals surface area contributed by atoms with Crippen LogP contribution in [0.5, 0.6) is 0 Å². The maximum absolute atomic E-state index is 13.6. The van der Waals surface area contributed by atoms with Gasteiger partial charge in [-0.25, -0.2) is 13.8 Å². The third-order valence-corrected chi connectivity index (χ3v) is 5.45. The average molecular weight is 434 g/mol. The second-order valence-electron chi connectivity index (χ2n) is 5.94. The van der Waals surface area contributed by atoms with Gasteiger partial charge < -0.3 is 10.6 Å². The summed E-state index contributed by atoms with van der Waals surface area (Å²) in [5.74, 6) is -2.75. The van der Waals surface area contributed by atoms with Crippen molar-refractivity contribution in [2.24, 2.45) is 0 Å². The third-order valence-electron chi connectivity index (χ3n) is 3.95. The maximum Gasteiger partial charge on any atom is 0.254 e. The SMILES string of the molecule is CSc1ccc(-c2csc(NC(=O)CCNC(=O)c3ccc(F)cc3F)n2)cc1. The maximum atomic E-state index is 13.6. The zero-order chi connectivity index (χ0) is 20.8. The molecule has 5 nitrogen and oxygen atoms in total. The smallest absolute Gasteiger partial charge is 0.254 e. The number of benzene rings is 2. The Morgan fingerprint density at radius 3 is 2.59 bits per heavy atom. The summed E-state index contributed by atoms with van der Waals surface area (Å²) in [7, 11) is 0. The minimum atomic E-state index is -0.951. The Labute approximate surface area is 174 Å². The molecule has 0 aliphatic carbocycles. The molecule has 1 heterocycles. The molecule has 2 amide bonds. The molecule has 150 valence electrons. The summed E-state index contributed by atoms with van der Waals surface area (Å²) in [6, 6.07) is 10.6. The predicted molar refractivity (Wildman–Crippen MR) is 111 cm³/mol. The Hall–Kier alpha value is -2.78. The highest BCUT2D eigenvalue weighted by Crippen LogP contribution is 2.26. The first-order valence-corrected chi connectivity index (χ1v) is 10.7. The summed E-state index contributed by atoms with van der Waals surface area (Å²) in [6.07, 6.45) is 2.00. The summed E-state index contributed by atoms with van der Waals surface area (Å²) in [5, 5.41) is 7.42. The lowest BCUT2D eigenvalue weighted by Gasteiger charge is -2.06. The number of thioether (sulfide) groups is 1. The van der Waals surface area contributed by atoms with Gasteiger partial charge in [0.15, 0.2) is 5.13 Å². The van der Waals surface area contributed by atoms with Crippen molar-refractivity contribution in [2.75, 3.05) is 18.1 Å². The van der Waals surface area contributed by atoms with E-state index in [1.807, 2.05) is 35.9 Å². The Morgan fingerprint density at radius 1 is 1.14 bits per heavy atom. The molecule has 3 rings (SSSR count). The Bertz CT molecular complexity index is 1020. The number of carbonyl (C=O) groups is 2. The lowest BCUT2D eigenvalue weighted by Crippen LogP contribution is -2.28. The van der Waals surface area contributed by atoms with Crippen LogP contribution in [0.1, 0.15) is 16.8 Å². The van der Waals surface area contributed by atoms with E-state index in [4.69, 9.17) is 0 Å². The average Bonchev–Trinajstić information content (AvgIpc) is 3.16. The van der Waals surface area contributed by atoms with Crippen LogP contribution >= 0.6 is 23.1 Å². The zero-order valence-corrected chi connectivity index (χ0v) is 17.0. The van der Waals surface area contributed by atoms with Gasteiger partial charge in [0.1, 0.15) is 11.6 Å². The summed E-state index contributed by atoms with van der Waals surface area (Å²) in [6.45, 7) is 0.00978. The first-order chi connectivity index (χ1) is 14.0. The number of anilines is 1. The molecule has 0 aliphatic heterocycles. The van der Waals surface area contributed by atoms with Crippen LogP contribution < -0.4 is 10.6 Å². The lowest BCUT2D eigenvalue weighted by molar-refractivity contribution is -0.116. The van der Waals surface area contributed by atoms with Gasteiger partial charge in [-0.3, -0.25) is 9.59 Å². The van der Waals surface area contributed by atoms with E-state index in [-0.39, 0.29) is 24.4 Å². The topological polar surface area (TPSA) is 71.1 Å². The van der Waals surface area contributed by atoms with E-state index in [0.717, 1.165) is 28.3 Å². The highest BCUT2D eigenvalue weighted by Gasteiger charge is 2.13. The van der Waals surface area contributed by atoms with Crippen LogP contribution in [-0.2, 0) is 4.79 Å². The van der Waals surface area contributed by atoms with E-state index in [1.54, 1.807) is 11.8 Å². The lowest BCUT2D eigenvalue weighted by atomic mass is 10.2. The molecule has 29 heavy (non-hydrogen) atoms. The van der Waals surface area contributed by atoms with Crippen LogP contribution in [0.25, 0.3) is 11.3 Å². The number of rotatable bonds is 7. The molecule has 0 atom stereocenters. The highest BCUT2D eigenvalue weighted by atomic mass is 32.2. The van der Waals surface area contributed by atoms with Crippen molar-refractivity contribution < 1.29 is 18.4 Å². The molecule has 2 N–H and O–H groups in total. The van der Waals surface area contributed by atoms with Crippen molar-refractivity contribution in [3.63, 3.8) is 0 Å². The molecular weight excluding hydrogens is 416 g/mol. The minimum Gasteiger partial charge on any atom is -0.351 e. The molecule has 0 radical (unpaired) electrons. The van der Waals surface area contributed by atoms with Crippen LogP contribution in [0.3, 0.4) is 0 Å². The molecule has 0 saturated heterocycles. The van der Waals surface area contributed by atoms with Gasteiger partial charge in [-0.05, 0) is 30.5 Å². The first-order valence-electron chi connectivity index (χ1n) is 8.59. The van der Waals surface area contributed by atoms with Gasteiger partial charge in [-0.2, -0.15) is 0 Å². The third kappa shape index (κ3) is 5.61. The highest BCUT2D eigenvalue weighted by molar-refractivity contribution is 7.98. The molecule has 0 saturated carbocycles. The van der Waals surface area contributed by atoms with E-state index >= 15 is 0 Å². The van der Waals surface area contributed by atoms with Gasteiger partial charge >= 0.3 is 0 Å². The van der Waals surface area contributed by atoms with Crippen molar-refractivity contribution in [1.82, 2.24) is 10.3 Å². The van der Waals surface area contributed by atoms with Gasteiger partial charge in [0.25, 0.3) is 5.91 Å². The van der Waals surface area contributed by atoms with Gasteiger partial charge in [0.05, 0.1) is 11.3 Å². The second kappa shape index (κ2) is 9.62. The molecule has 0 fully saturated rings. The number of carbonyl (C=O) groups excluding carboxylic acids is 2. The molecule has 2 aromatic carbocycles. The molecule has 0 unspecified atom stereocenters. The van der Waals surface area contributed by atoms with Crippen molar-refractivity contribution >= 4 is 40.0 Å². The van der Waals surface area contributed by atoms with E-state index in [9.17, 15) is 18.4 Å². The summed E-state index contributed by atoms with van der Waals surface area (Å²) in [5.41, 5.74) is 1.44. The summed E-state index contributed by atoms with van der Waals surface area (Å²) in [4.78, 5) is 29.5. The van der Waals surface area contributed by atoms with Gasteiger partial charge in [0, 0.05) is 34.9 Å². The van der Waals surface area contributed by atoms with Gasteiger partial charge in [-0.1, -0.05) is 12.1 Å². The normalized spacial score (nSPS) is 10.6. The Kier molecular flexibility index (Phi) is 6.95. The van der Waals surface area contributed by atoms with E-state index in [0.29, 0.717) is 11.2 Å². The summed E-state index contributed by atoms with van der Waals surface area (Å²) >= 11 is 2.96. The molecule has 1 aromatic heterocycles. The number of halogens is 2. The minimum absolute atomic E-state index is 0.00805. The fourth-order valence-corrected chi connectivity index (χ4v) is 3.61. The van der Waals surface area contributed by atoms with E-state index < -0.39 is 17.5 Å². The zero-order valence-electron chi connectivity index (χ0n) is 15.4. The number of hydrogen-bond donors (Lipinski definition) is 2. The molecule has 0 aliphatic rings. The molecular formula is C20H17F2N3O2S2. The standard InChI is InChI=1S/C20H17F2N3O2S2/c1-28-14-5-2-12(3-6-14)17-11-29-20(24-17)25-18(26)8-9-23-19(27)15-7-4-13(21)10-16(15)22/h2-7,10-11H,8-9H2,1H3,(H,23,27)(H,24,25,26). The fourth-order valence-electron chi connectivity index (χ4n) is 2.47. The van der Waals surface area contributed by atoms with Crippen molar-refractivity contribution in [3.8, 4) is 11.3 Å². The van der Waals surface area contributed by atoms with Crippen LogP contribution in [0, 0.1) is 11.6 Å². The predicted octanol–water partition coefficient (Wildman–Crippen LogP) is 4.57. The Balaban J connectivity index is 1.49. The fraction of sp³-hybridized carbons (Fsp3) is 0.150.